The third-order valence-corrected chi connectivity index (χ3v) is 5.73. The maximum Gasteiger partial charge on any atom is 0.0595 e. The van der Waals surface area contributed by atoms with Gasteiger partial charge >= 0.3 is 0 Å². The van der Waals surface area contributed by atoms with Gasteiger partial charge in [-0.2, -0.15) is 0 Å². The molecule has 4 heteroatoms. The zero-order chi connectivity index (χ0) is 13.4. The van der Waals surface area contributed by atoms with Crippen LogP contribution in [-0.2, 0) is 0 Å². The highest BCUT2D eigenvalue weighted by atomic mass is 79.9. The average molecular weight is 344 g/mol. The second kappa shape index (κ2) is 5.63. The fourth-order valence-electron chi connectivity index (χ4n) is 3.01. The molecule has 2 aliphatic rings. The molecule has 3 rings (SSSR count). The Labute approximate surface area is 128 Å². The van der Waals surface area contributed by atoms with Gasteiger partial charge in [-0.25, -0.2) is 0 Å². The molecule has 2 fully saturated rings. The Morgan fingerprint density at radius 1 is 1.42 bits per heavy atom. The lowest BCUT2D eigenvalue weighted by atomic mass is 10.0. The van der Waals surface area contributed by atoms with Gasteiger partial charge in [-0.05, 0) is 53.2 Å². The summed E-state index contributed by atoms with van der Waals surface area (Å²) in [5.41, 5.74) is 1.24. The molecule has 1 saturated heterocycles. The summed E-state index contributed by atoms with van der Waals surface area (Å²) in [7, 11) is 0. The van der Waals surface area contributed by atoms with Crippen LogP contribution in [0.3, 0.4) is 0 Å². The second-order valence-electron chi connectivity index (χ2n) is 5.64. The van der Waals surface area contributed by atoms with Gasteiger partial charge in [0.2, 0.25) is 0 Å². The third-order valence-electron chi connectivity index (χ3n) is 4.35. The lowest BCUT2D eigenvalue weighted by Crippen LogP contribution is -2.57. The van der Waals surface area contributed by atoms with Crippen molar-refractivity contribution in [3.63, 3.8) is 0 Å². The number of hydrogen-bond acceptors (Lipinski definition) is 2. The monoisotopic (exact) mass is 342 g/mol. The molecule has 19 heavy (non-hydrogen) atoms. The van der Waals surface area contributed by atoms with Gasteiger partial charge in [-0.1, -0.05) is 24.6 Å². The van der Waals surface area contributed by atoms with Crippen LogP contribution < -0.4 is 10.2 Å². The normalized spacial score (nSPS) is 27.6. The van der Waals surface area contributed by atoms with Crippen LogP contribution in [0.15, 0.2) is 22.7 Å². The highest BCUT2D eigenvalue weighted by molar-refractivity contribution is 9.10. The third kappa shape index (κ3) is 2.79. The molecule has 0 amide bonds. The van der Waals surface area contributed by atoms with E-state index in [0.29, 0.717) is 12.1 Å². The highest BCUT2D eigenvalue weighted by Crippen LogP contribution is 2.38. The Morgan fingerprint density at radius 3 is 2.89 bits per heavy atom. The molecule has 0 bridgehead atoms. The van der Waals surface area contributed by atoms with Gasteiger partial charge < -0.3 is 10.2 Å². The van der Waals surface area contributed by atoms with E-state index >= 15 is 0 Å². The first kappa shape index (κ1) is 13.7. The summed E-state index contributed by atoms with van der Waals surface area (Å²) in [4.78, 5) is 2.54. The molecule has 1 aliphatic heterocycles. The van der Waals surface area contributed by atoms with Gasteiger partial charge in [0.05, 0.1) is 15.2 Å². The summed E-state index contributed by atoms with van der Waals surface area (Å²) < 4.78 is 1.03. The maximum atomic E-state index is 6.25. The van der Waals surface area contributed by atoms with Crippen molar-refractivity contribution < 1.29 is 0 Å². The number of halogens is 2. The standard InChI is InChI=1S/C15H20BrClN2/c1-2-11-8-18-13(10-6-7-10)9-19(11)14-5-3-4-12(17)15(14)16/h3-5,10-11,13,18H,2,6-9H2,1H3. The summed E-state index contributed by atoms with van der Waals surface area (Å²) in [6, 6.07) is 7.37. The van der Waals surface area contributed by atoms with Crippen LogP contribution in [-0.4, -0.2) is 25.2 Å². The Morgan fingerprint density at radius 2 is 2.21 bits per heavy atom. The first-order valence-electron chi connectivity index (χ1n) is 7.14. The summed E-state index contributed by atoms with van der Waals surface area (Å²) in [5.74, 6) is 0.887. The first-order chi connectivity index (χ1) is 9.20. The van der Waals surface area contributed by atoms with Gasteiger partial charge in [-0.3, -0.25) is 0 Å². The number of anilines is 1. The highest BCUT2D eigenvalue weighted by Gasteiger charge is 2.37. The first-order valence-corrected chi connectivity index (χ1v) is 8.31. The Balaban J connectivity index is 1.87. The van der Waals surface area contributed by atoms with Crippen LogP contribution in [0.5, 0.6) is 0 Å². The van der Waals surface area contributed by atoms with Gasteiger partial charge in [0.25, 0.3) is 0 Å². The lowest BCUT2D eigenvalue weighted by Gasteiger charge is -2.42. The molecule has 2 nitrogen and oxygen atoms in total. The predicted octanol–water partition coefficient (Wildman–Crippen LogP) is 4.07. The molecule has 2 unspecified atom stereocenters. The zero-order valence-corrected chi connectivity index (χ0v) is 13.5. The van der Waals surface area contributed by atoms with E-state index in [-0.39, 0.29) is 0 Å². The number of rotatable bonds is 3. The van der Waals surface area contributed by atoms with Crippen molar-refractivity contribution in [2.45, 2.75) is 38.3 Å². The van der Waals surface area contributed by atoms with E-state index in [0.717, 1.165) is 34.9 Å². The molecule has 1 aromatic rings. The summed E-state index contributed by atoms with van der Waals surface area (Å²) in [6.07, 6.45) is 3.93. The van der Waals surface area contributed by atoms with E-state index in [9.17, 15) is 0 Å². The summed E-state index contributed by atoms with van der Waals surface area (Å²) in [6.45, 7) is 4.44. The minimum Gasteiger partial charge on any atom is -0.365 e. The van der Waals surface area contributed by atoms with Crippen LogP contribution in [0.25, 0.3) is 0 Å². The van der Waals surface area contributed by atoms with Gasteiger partial charge in [0.15, 0.2) is 0 Å². The molecular weight excluding hydrogens is 324 g/mol. The summed E-state index contributed by atoms with van der Waals surface area (Å²) >= 11 is 9.90. The molecule has 1 aliphatic carbocycles. The molecule has 1 aromatic carbocycles. The van der Waals surface area contributed by atoms with Crippen molar-refractivity contribution in [3.8, 4) is 0 Å². The van der Waals surface area contributed by atoms with Crippen molar-refractivity contribution in [1.82, 2.24) is 5.32 Å². The Bertz CT molecular complexity index is 461. The van der Waals surface area contributed by atoms with Crippen molar-refractivity contribution in [3.05, 3.63) is 27.7 Å². The molecule has 104 valence electrons. The minimum absolute atomic E-state index is 0.560. The minimum atomic E-state index is 0.560. The number of nitrogens with one attached hydrogen (secondary N) is 1. The molecular formula is C15H20BrClN2. The van der Waals surface area contributed by atoms with Crippen LogP contribution in [0.2, 0.25) is 5.02 Å². The Kier molecular flexibility index (Phi) is 4.06. The zero-order valence-electron chi connectivity index (χ0n) is 11.2. The van der Waals surface area contributed by atoms with E-state index in [1.807, 2.05) is 12.1 Å². The molecule has 0 aromatic heterocycles. The molecule has 1 saturated carbocycles. The smallest absolute Gasteiger partial charge is 0.0595 e. The van der Waals surface area contributed by atoms with Crippen molar-refractivity contribution in [2.24, 2.45) is 5.92 Å². The summed E-state index contributed by atoms with van der Waals surface area (Å²) in [5, 5.41) is 4.53. The average Bonchev–Trinajstić information content (AvgIpc) is 3.26. The van der Waals surface area contributed by atoms with E-state index in [1.54, 1.807) is 0 Å². The van der Waals surface area contributed by atoms with Crippen molar-refractivity contribution >= 4 is 33.2 Å². The van der Waals surface area contributed by atoms with E-state index < -0.39 is 0 Å². The lowest BCUT2D eigenvalue weighted by molar-refractivity contribution is 0.359. The Hall–Kier alpha value is -0.250. The van der Waals surface area contributed by atoms with Crippen LogP contribution in [0.1, 0.15) is 26.2 Å². The molecule has 0 spiro atoms. The second-order valence-corrected chi connectivity index (χ2v) is 6.84. The number of piperazine rings is 1. The largest absolute Gasteiger partial charge is 0.365 e. The predicted molar refractivity (Wildman–Crippen MR) is 85.1 cm³/mol. The van der Waals surface area contributed by atoms with Crippen LogP contribution in [0, 0.1) is 5.92 Å². The van der Waals surface area contributed by atoms with Gasteiger partial charge in [0.1, 0.15) is 0 Å². The molecule has 2 atom stereocenters. The SMILES string of the molecule is CCC1CNC(C2CC2)CN1c1cccc(Cl)c1Br. The van der Waals surface area contributed by atoms with Gasteiger partial charge in [0, 0.05) is 25.2 Å². The molecule has 1 heterocycles. The molecule has 0 radical (unpaired) electrons. The fourth-order valence-corrected chi connectivity index (χ4v) is 3.67. The number of hydrogen-bond donors (Lipinski definition) is 1. The molecule has 1 N–H and O–H groups in total. The number of nitrogens with zero attached hydrogens (tertiary/aromatic N) is 1. The maximum absolute atomic E-state index is 6.25. The van der Waals surface area contributed by atoms with Crippen LogP contribution in [0.4, 0.5) is 5.69 Å². The van der Waals surface area contributed by atoms with E-state index in [4.69, 9.17) is 11.6 Å². The van der Waals surface area contributed by atoms with Gasteiger partial charge in [-0.15, -0.1) is 0 Å². The topological polar surface area (TPSA) is 15.3 Å². The van der Waals surface area contributed by atoms with Crippen LogP contribution >= 0.6 is 27.5 Å². The van der Waals surface area contributed by atoms with Crippen molar-refractivity contribution in [2.75, 3.05) is 18.0 Å². The quantitative estimate of drug-likeness (QED) is 0.890. The fraction of sp³-hybridized carbons (Fsp3) is 0.600. The van der Waals surface area contributed by atoms with E-state index in [2.05, 4.69) is 39.1 Å². The number of benzene rings is 1. The van der Waals surface area contributed by atoms with E-state index in [1.165, 1.54) is 18.5 Å². The van der Waals surface area contributed by atoms with Crippen molar-refractivity contribution in [1.29, 1.82) is 0 Å².